The van der Waals surface area contributed by atoms with E-state index in [1.807, 2.05) is 0 Å². The molecule has 0 radical (unpaired) electrons. The lowest BCUT2D eigenvalue weighted by atomic mass is 9.46. The summed E-state index contributed by atoms with van der Waals surface area (Å²) in [5, 5.41) is 10.7. The Morgan fingerprint density at radius 3 is 2.39 bits per heavy atom. The molecule has 3 fully saturated rings. The predicted octanol–water partition coefficient (Wildman–Crippen LogP) is 7.24. The molecule has 1 heteroatoms. The van der Waals surface area contributed by atoms with E-state index in [4.69, 9.17) is 0 Å². The number of rotatable bonds is 5. The van der Waals surface area contributed by atoms with Gasteiger partial charge in [-0.2, -0.15) is 0 Å². The maximum Gasteiger partial charge on any atom is 0.0608 e. The number of hydrogen-bond acceptors (Lipinski definition) is 1. The average molecular weight is 387 g/mol. The molecule has 0 aliphatic heterocycles. The van der Waals surface area contributed by atoms with Crippen LogP contribution in [0.2, 0.25) is 0 Å². The van der Waals surface area contributed by atoms with Crippen LogP contribution in [0.3, 0.4) is 0 Å². The van der Waals surface area contributed by atoms with E-state index in [0.29, 0.717) is 16.7 Å². The molecule has 4 aliphatic rings. The van der Waals surface area contributed by atoms with E-state index in [1.54, 1.807) is 0 Å². The van der Waals surface area contributed by atoms with Crippen molar-refractivity contribution in [2.45, 2.75) is 105 Å². The summed E-state index contributed by atoms with van der Waals surface area (Å²) in [4.78, 5) is 0. The highest BCUT2D eigenvalue weighted by Crippen LogP contribution is 2.67. The molecular formula is C27H46O. The summed E-state index contributed by atoms with van der Waals surface area (Å²) < 4.78 is 0. The lowest BCUT2D eigenvalue weighted by molar-refractivity contribution is -0.0955. The van der Waals surface area contributed by atoms with Crippen LogP contribution in [0.4, 0.5) is 0 Å². The van der Waals surface area contributed by atoms with Gasteiger partial charge in [0.05, 0.1) is 6.10 Å². The normalized spacial score (nSPS) is 48.8. The van der Waals surface area contributed by atoms with Crippen LogP contribution in [-0.2, 0) is 0 Å². The van der Waals surface area contributed by atoms with Crippen molar-refractivity contribution < 1.29 is 5.11 Å². The maximum atomic E-state index is 10.7. The first-order valence-electron chi connectivity index (χ1n) is 12.6. The van der Waals surface area contributed by atoms with Crippen molar-refractivity contribution in [3.63, 3.8) is 0 Å². The molecule has 28 heavy (non-hydrogen) atoms. The van der Waals surface area contributed by atoms with Crippen LogP contribution < -0.4 is 0 Å². The van der Waals surface area contributed by atoms with E-state index in [1.165, 1.54) is 57.8 Å². The van der Waals surface area contributed by atoms with E-state index in [2.05, 4.69) is 46.8 Å². The Balaban J connectivity index is 1.51. The largest absolute Gasteiger partial charge is 0.392 e. The molecule has 0 aromatic heterocycles. The molecule has 0 amide bonds. The third-order valence-corrected chi connectivity index (χ3v) is 10.3. The molecule has 1 N–H and O–H groups in total. The molecule has 0 saturated heterocycles. The lowest BCUT2D eigenvalue weighted by Crippen LogP contribution is -2.53. The topological polar surface area (TPSA) is 20.2 Å². The van der Waals surface area contributed by atoms with Gasteiger partial charge in [-0.3, -0.25) is 0 Å². The number of aliphatic hydroxyl groups is 1. The number of fused-ring (bicyclic) bond motifs is 5. The SMILES string of the molecule is CC(C)CCCC(C)C1CCC2C3C=CC4C(O)CCCC4(C)C3CCC12C. The van der Waals surface area contributed by atoms with Crippen molar-refractivity contribution in [1.29, 1.82) is 0 Å². The highest BCUT2D eigenvalue weighted by atomic mass is 16.3. The minimum atomic E-state index is -0.0958. The first kappa shape index (κ1) is 21.0. The van der Waals surface area contributed by atoms with Gasteiger partial charge in [0.1, 0.15) is 0 Å². The molecule has 0 heterocycles. The number of aliphatic hydroxyl groups excluding tert-OH is 1. The summed E-state index contributed by atoms with van der Waals surface area (Å²) in [6, 6.07) is 0. The van der Waals surface area contributed by atoms with Crippen molar-refractivity contribution in [3.05, 3.63) is 12.2 Å². The molecule has 4 rings (SSSR count). The minimum absolute atomic E-state index is 0.0958. The lowest BCUT2D eigenvalue weighted by Gasteiger charge is -2.59. The average Bonchev–Trinajstić information content (AvgIpc) is 2.98. The van der Waals surface area contributed by atoms with Crippen LogP contribution >= 0.6 is 0 Å². The molecule has 0 aromatic carbocycles. The minimum Gasteiger partial charge on any atom is -0.392 e. The second-order valence-corrected chi connectivity index (χ2v) is 12.2. The summed E-state index contributed by atoms with van der Waals surface area (Å²) in [6.07, 6.45) is 18.5. The maximum absolute atomic E-state index is 10.7. The summed E-state index contributed by atoms with van der Waals surface area (Å²) in [7, 11) is 0. The molecule has 0 aromatic rings. The van der Waals surface area contributed by atoms with E-state index >= 15 is 0 Å². The van der Waals surface area contributed by atoms with Gasteiger partial charge in [0.15, 0.2) is 0 Å². The standard InChI is InChI=1S/C27H46O/c1-18(2)8-6-9-19(3)21-13-14-22-20-11-12-24-25(28)10-7-16-26(24,4)23(20)15-17-27(21,22)5/h11-12,18-25,28H,6-10,13-17H2,1-5H3. The smallest absolute Gasteiger partial charge is 0.0608 e. The highest BCUT2D eigenvalue weighted by molar-refractivity contribution is 5.19. The third-order valence-electron chi connectivity index (χ3n) is 10.3. The zero-order chi connectivity index (χ0) is 20.1. The third kappa shape index (κ3) is 3.32. The fourth-order valence-electron chi connectivity index (χ4n) is 8.76. The van der Waals surface area contributed by atoms with Gasteiger partial charge in [0.25, 0.3) is 0 Å². The summed E-state index contributed by atoms with van der Waals surface area (Å²) in [6.45, 7) is 12.5. The molecule has 3 saturated carbocycles. The Labute approximate surface area is 174 Å². The van der Waals surface area contributed by atoms with Gasteiger partial charge in [-0.1, -0.05) is 72.5 Å². The summed E-state index contributed by atoms with van der Waals surface area (Å²) in [5.74, 6) is 5.56. The monoisotopic (exact) mass is 386 g/mol. The molecule has 1 nitrogen and oxygen atoms in total. The highest BCUT2D eigenvalue weighted by Gasteiger charge is 2.59. The first-order chi connectivity index (χ1) is 13.3. The Hall–Kier alpha value is -0.300. The van der Waals surface area contributed by atoms with Crippen LogP contribution in [-0.4, -0.2) is 11.2 Å². The summed E-state index contributed by atoms with van der Waals surface area (Å²) >= 11 is 0. The second-order valence-electron chi connectivity index (χ2n) is 12.2. The van der Waals surface area contributed by atoms with Gasteiger partial charge in [-0.15, -0.1) is 0 Å². The zero-order valence-electron chi connectivity index (χ0n) is 19.3. The summed E-state index contributed by atoms with van der Waals surface area (Å²) in [5.41, 5.74) is 0.901. The van der Waals surface area contributed by atoms with Crippen LogP contribution in [0.5, 0.6) is 0 Å². The van der Waals surface area contributed by atoms with Gasteiger partial charge < -0.3 is 5.11 Å². The fourth-order valence-corrected chi connectivity index (χ4v) is 8.76. The molecule has 0 spiro atoms. The first-order valence-corrected chi connectivity index (χ1v) is 12.6. The molecule has 9 unspecified atom stereocenters. The molecule has 0 bridgehead atoms. The van der Waals surface area contributed by atoms with E-state index in [0.717, 1.165) is 41.9 Å². The van der Waals surface area contributed by atoms with Crippen molar-refractivity contribution in [1.82, 2.24) is 0 Å². The van der Waals surface area contributed by atoms with Crippen molar-refractivity contribution >= 4 is 0 Å². The van der Waals surface area contributed by atoms with Crippen LogP contribution in [0.15, 0.2) is 12.2 Å². The Morgan fingerprint density at radius 2 is 1.64 bits per heavy atom. The molecule has 4 aliphatic carbocycles. The molecule has 9 atom stereocenters. The van der Waals surface area contributed by atoms with Crippen LogP contribution in [0.25, 0.3) is 0 Å². The number of hydrogen-bond donors (Lipinski definition) is 1. The second kappa shape index (κ2) is 7.75. The Morgan fingerprint density at radius 1 is 0.893 bits per heavy atom. The van der Waals surface area contributed by atoms with Gasteiger partial charge in [-0.25, -0.2) is 0 Å². The van der Waals surface area contributed by atoms with Crippen molar-refractivity contribution in [3.8, 4) is 0 Å². The quantitative estimate of drug-likeness (QED) is 0.493. The van der Waals surface area contributed by atoms with Gasteiger partial charge >= 0.3 is 0 Å². The fraction of sp³-hybridized carbons (Fsp3) is 0.926. The van der Waals surface area contributed by atoms with Gasteiger partial charge in [0, 0.05) is 5.92 Å². The Kier molecular flexibility index (Phi) is 5.80. The van der Waals surface area contributed by atoms with Crippen molar-refractivity contribution in [2.24, 2.45) is 52.3 Å². The van der Waals surface area contributed by atoms with Crippen LogP contribution in [0, 0.1) is 52.3 Å². The molecule has 160 valence electrons. The van der Waals surface area contributed by atoms with Crippen molar-refractivity contribution in [2.75, 3.05) is 0 Å². The van der Waals surface area contributed by atoms with Gasteiger partial charge in [-0.05, 0) is 84.9 Å². The number of allylic oxidation sites excluding steroid dienone is 1. The Bertz CT molecular complexity index is 579. The van der Waals surface area contributed by atoms with E-state index < -0.39 is 0 Å². The molecular weight excluding hydrogens is 340 g/mol. The predicted molar refractivity (Wildman–Crippen MR) is 119 cm³/mol. The van der Waals surface area contributed by atoms with Crippen LogP contribution in [0.1, 0.15) is 98.8 Å². The van der Waals surface area contributed by atoms with E-state index in [9.17, 15) is 5.11 Å². The zero-order valence-corrected chi connectivity index (χ0v) is 19.3. The van der Waals surface area contributed by atoms with E-state index in [-0.39, 0.29) is 6.10 Å². The van der Waals surface area contributed by atoms with Gasteiger partial charge in [0.2, 0.25) is 0 Å².